The molecule has 2 atom stereocenters. The molecule has 0 bridgehead atoms. The number of hydrogen-bond donors (Lipinski definition) is 0. The number of amides is 1. The Labute approximate surface area is 225 Å². The number of hydrogen-bond acceptors (Lipinski definition) is 9. The summed E-state index contributed by atoms with van der Waals surface area (Å²) in [6.07, 6.45) is 0.875. The Kier molecular flexibility index (Phi) is 7.14. The van der Waals surface area contributed by atoms with E-state index in [1.54, 1.807) is 4.90 Å². The summed E-state index contributed by atoms with van der Waals surface area (Å²) in [6.45, 7) is 8.41. The fourth-order valence-electron chi connectivity index (χ4n) is 5.59. The van der Waals surface area contributed by atoms with E-state index >= 15 is 4.39 Å². The summed E-state index contributed by atoms with van der Waals surface area (Å²) >= 11 is 6.05. The number of methoxy groups -OCH3 is 1. The van der Waals surface area contributed by atoms with Crippen LogP contribution in [0.4, 0.5) is 19.4 Å². The summed E-state index contributed by atoms with van der Waals surface area (Å²) in [5, 5.41) is -0.117. The zero-order valence-electron chi connectivity index (χ0n) is 22.1. The SMILES string of the molecule is COc1nc(Cl)c(F)c2nc(OC[C@@]34CCCN3C[C@H](F)C4)nc(N3CCN(C(=O)OC(C)(C)C)CC3)c12. The molecule has 3 saturated heterocycles. The Morgan fingerprint density at radius 1 is 1.16 bits per heavy atom. The standard InChI is InChI=1S/C25H33ClF2N6O4/c1-24(2,3)38-23(35)33-10-8-32(9-11-33)20-16-18(17(28)19(26)30-21(16)36-4)29-22(31-20)37-14-25-6-5-7-34(25)13-15(27)12-25/h15H,5-14H2,1-4H3/t15-,25+/m1/s1. The molecule has 2 aromatic heterocycles. The van der Waals surface area contributed by atoms with Gasteiger partial charge in [0.25, 0.3) is 0 Å². The second-order valence-electron chi connectivity index (χ2n) is 11.1. The first-order chi connectivity index (χ1) is 18.0. The van der Waals surface area contributed by atoms with Gasteiger partial charge in [0.05, 0.1) is 12.6 Å². The number of fused-ring (bicyclic) bond motifs is 2. The van der Waals surface area contributed by atoms with Crippen molar-refractivity contribution in [2.45, 2.75) is 57.3 Å². The fraction of sp³-hybridized carbons (Fsp3) is 0.680. The van der Waals surface area contributed by atoms with Crippen LogP contribution in [0.25, 0.3) is 10.9 Å². The van der Waals surface area contributed by atoms with Gasteiger partial charge in [-0.05, 0) is 40.2 Å². The highest BCUT2D eigenvalue weighted by molar-refractivity contribution is 6.30. The van der Waals surface area contributed by atoms with E-state index in [9.17, 15) is 9.18 Å². The van der Waals surface area contributed by atoms with Crippen molar-refractivity contribution in [2.75, 3.05) is 57.9 Å². The van der Waals surface area contributed by atoms with Crippen LogP contribution in [0.3, 0.4) is 0 Å². The summed E-state index contributed by atoms with van der Waals surface area (Å²) in [6, 6.07) is -0.0335. The van der Waals surface area contributed by atoms with Crippen molar-refractivity contribution in [2.24, 2.45) is 0 Å². The lowest BCUT2D eigenvalue weighted by Gasteiger charge is -2.36. The monoisotopic (exact) mass is 554 g/mol. The molecule has 208 valence electrons. The normalized spacial score (nSPS) is 24.1. The molecule has 0 saturated carbocycles. The van der Waals surface area contributed by atoms with Crippen LogP contribution in [0.5, 0.6) is 11.9 Å². The number of carbonyl (C=O) groups excluding carboxylic acids is 1. The quantitative estimate of drug-likeness (QED) is 0.511. The third-order valence-corrected chi connectivity index (χ3v) is 7.58. The molecule has 10 nitrogen and oxygen atoms in total. The van der Waals surface area contributed by atoms with Gasteiger partial charge in [0, 0.05) is 39.1 Å². The average molecular weight is 555 g/mol. The molecule has 3 aliphatic rings. The minimum absolute atomic E-state index is 0.0335. The van der Waals surface area contributed by atoms with Crippen LogP contribution in [0.1, 0.15) is 40.0 Å². The highest BCUT2D eigenvalue weighted by atomic mass is 35.5. The predicted molar refractivity (Wildman–Crippen MR) is 137 cm³/mol. The molecule has 0 N–H and O–H groups in total. The number of aromatic nitrogens is 3. The molecule has 0 spiro atoms. The average Bonchev–Trinajstić information content (AvgIpc) is 3.39. The number of pyridine rings is 1. The fourth-order valence-corrected chi connectivity index (χ4v) is 5.76. The Balaban J connectivity index is 1.45. The smallest absolute Gasteiger partial charge is 0.410 e. The maximum Gasteiger partial charge on any atom is 0.410 e. The number of carbonyl (C=O) groups is 1. The molecule has 0 unspecified atom stereocenters. The molecule has 3 fully saturated rings. The number of piperazine rings is 1. The Bertz CT molecular complexity index is 1220. The van der Waals surface area contributed by atoms with Crippen LogP contribution in [-0.4, -0.2) is 101 Å². The molecule has 13 heteroatoms. The molecule has 0 aromatic carbocycles. The Hall–Kier alpha value is -2.73. The van der Waals surface area contributed by atoms with Crippen LogP contribution in [0.15, 0.2) is 0 Å². The van der Waals surface area contributed by atoms with Gasteiger partial charge in [-0.1, -0.05) is 11.6 Å². The first-order valence-electron chi connectivity index (χ1n) is 12.9. The molecular weight excluding hydrogens is 522 g/mol. The van der Waals surface area contributed by atoms with E-state index < -0.39 is 29.2 Å². The lowest BCUT2D eigenvalue weighted by atomic mass is 9.95. The Morgan fingerprint density at radius 3 is 2.58 bits per heavy atom. The van der Waals surface area contributed by atoms with E-state index in [1.807, 2.05) is 25.7 Å². The lowest BCUT2D eigenvalue weighted by Crippen LogP contribution is -2.50. The van der Waals surface area contributed by atoms with Gasteiger partial charge >= 0.3 is 12.1 Å². The third-order valence-electron chi connectivity index (χ3n) is 7.33. The second kappa shape index (κ2) is 10.1. The number of ether oxygens (including phenoxy) is 3. The van der Waals surface area contributed by atoms with Crippen LogP contribution < -0.4 is 14.4 Å². The number of rotatable bonds is 5. The molecule has 3 aliphatic heterocycles. The Morgan fingerprint density at radius 2 is 1.89 bits per heavy atom. The molecule has 5 heterocycles. The topological polar surface area (TPSA) is 93.2 Å². The second-order valence-corrected chi connectivity index (χ2v) is 11.5. The molecule has 1 amide bonds. The molecule has 0 aliphatic carbocycles. The zero-order chi connectivity index (χ0) is 27.2. The molecule has 2 aromatic rings. The van der Waals surface area contributed by atoms with Gasteiger partial charge in [0.1, 0.15) is 35.1 Å². The van der Waals surface area contributed by atoms with Gasteiger partial charge in [-0.2, -0.15) is 15.0 Å². The summed E-state index contributed by atoms with van der Waals surface area (Å²) < 4.78 is 46.4. The molecular formula is C25H33ClF2N6O4. The maximum absolute atomic E-state index is 15.2. The van der Waals surface area contributed by atoms with E-state index in [1.165, 1.54) is 7.11 Å². The van der Waals surface area contributed by atoms with Crippen LogP contribution >= 0.6 is 11.6 Å². The van der Waals surface area contributed by atoms with Gasteiger partial charge in [-0.15, -0.1) is 0 Å². The van der Waals surface area contributed by atoms with Crippen LogP contribution in [0.2, 0.25) is 5.15 Å². The van der Waals surface area contributed by atoms with Gasteiger partial charge in [-0.3, -0.25) is 4.90 Å². The minimum Gasteiger partial charge on any atom is -0.480 e. The highest BCUT2D eigenvalue weighted by Crippen LogP contribution is 2.41. The van der Waals surface area contributed by atoms with Crippen molar-refractivity contribution in [1.29, 1.82) is 0 Å². The first kappa shape index (κ1) is 26.9. The predicted octanol–water partition coefficient (Wildman–Crippen LogP) is 3.84. The van der Waals surface area contributed by atoms with Crippen molar-refractivity contribution in [3.8, 4) is 11.9 Å². The van der Waals surface area contributed by atoms with Gasteiger partial charge in [0.2, 0.25) is 5.88 Å². The van der Waals surface area contributed by atoms with Crippen LogP contribution in [0, 0.1) is 5.82 Å². The summed E-state index contributed by atoms with van der Waals surface area (Å²) in [7, 11) is 1.41. The number of nitrogens with zero attached hydrogens (tertiary/aromatic N) is 6. The van der Waals surface area contributed by atoms with Crippen molar-refractivity contribution in [1.82, 2.24) is 24.8 Å². The number of anilines is 1. The summed E-state index contributed by atoms with van der Waals surface area (Å²) in [5.41, 5.74) is -1.09. The van der Waals surface area contributed by atoms with E-state index in [0.717, 1.165) is 19.4 Å². The molecule has 5 rings (SSSR count). The van der Waals surface area contributed by atoms with Crippen molar-refractivity contribution >= 4 is 34.4 Å². The first-order valence-corrected chi connectivity index (χ1v) is 13.2. The number of alkyl halides is 1. The van der Waals surface area contributed by atoms with Crippen molar-refractivity contribution in [3.05, 3.63) is 11.0 Å². The number of halogens is 3. The third kappa shape index (κ3) is 5.12. The largest absolute Gasteiger partial charge is 0.480 e. The maximum atomic E-state index is 15.2. The lowest BCUT2D eigenvalue weighted by molar-refractivity contribution is 0.0240. The highest BCUT2D eigenvalue weighted by Gasteiger charge is 2.49. The zero-order valence-corrected chi connectivity index (χ0v) is 22.9. The minimum atomic E-state index is -0.903. The van der Waals surface area contributed by atoms with E-state index in [4.69, 9.17) is 25.8 Å². The van der Waals surface area contributed by atoms with E-state index in [-0.39, 0.29) is 34.6 Å². The van der Waals surface area contributed by atoms with Gasteiger partial charge in [0.15, 0.2) is 11.0 Å². The van der Waals surface area contributed by atoms with Crippen molar-refractivity contribution in [3.63, 3.8) is 0 Å². The summed E-state index contributed by atoms with van der Waals surface area (Å²) in [4.78, 5) is 31.2. The summed E-state index contributed by atoms with van der Waals surface area (Å²) in [5.74, 6) is -0.364. The van der Waals surface area contributed by atoms with Gasteiger partial charge < -0.3 is 24.0 Å². The molecule has 38 heavy (non-hydrogen) atoms. The van der Waals surface area contributed by atoms with E-state index in [2.05, 4.69) is 19.9 Å². The van der Waals surface area contributed by atoms with E-state index in [0.29, 0.717) is 45.0 Å². The van der Waals surface area contributed by atoms with Crippen LogP contribution in [-0.2, 0) is 4.74 Å². The molecule has 0 radical (unpaired) electrons. The van der Waals surface area contributed by atoms with Crippen molar-refractivity contribution < 1.29 is 27.8 Å². The van der Waals surface area contributed by atoms with Gasteiger partial charge in [-0.25, -0.2) is 13.6 Å².